The lowest BCUT2D eigenvalue weighted by Crippen LogP contribution is -2.17. The summed E-state index contributed by atoms with van der Waals surface area (Å²) in [5.74, 6) is -2.67. The third-order valence-electron chi connectivity index (χ3n) is 2.54. The number of benzene rings is 1. The van der Waals surface area contributed by atoms with E-state index >= 15 is 0 Å². The third-order valence-corrected chi connectivity index (χ3v) is 2.54. The molecule has 0 saturated carbocycles. The first-order chi connectivity index (χ1) is 7.96. The molecular weight excluding hydrogens is 230 g/mol. The molecule has 0 spiro atoms. The van der Waals surface area contributed by atoms with Crippen LogP contribution in [0.15, 0.2) is 12.1 Å². The van der Waals surface area contributed by atoms with Crippen molar-refractivity contribution in [3.05, 3.63) is 23.3 Å². The molecule has 17 heavy (non-hydrogen) atoms. The molecule has 0 atom stereocenters. The van der Waals surface area contributed by atoms with Crippen LogP contribution in [-0.2, 0) is 5.92 Å². The molecule has 0 fully saturated rings. The van der Waals surface area contributed by atoms with E-state index in [1.54, 1.807) is 6.92 Å². The highest BCUT2D eigenvalue weighted by molar-refractivity contribution is 5.47. The zero-order valence-corrected chi connectivity index (χ0v) is 10.1. The van der Waals surface area contributed by atoms with Gasteiger partial charge in [-0.1, -0.05) is 0 Å². The van der Waals surface area contributed by atoms with Gasteiger partial charge in [0.2, 0.25) is 0 Å². The topological polar surface area (TPSA) is 38.7 Å². The third kappa shape index (κ3) is 2.85. The summed E-state index contributed by atoms with van der Waals surface area (Å²) < 4.78 is 37.5. The van der Waals surface area contributed by atoms with Crippen molar-refractivity contribution < 1.29 is 23.4 Å². The van der Waals surface area contributed by atoms with Crippen molar-refractivity contribution in [1.29, 1.82) is 0 Å². The minimum absolute atomic E-state index is 0.0988. The van der Waals surface area contributed by atoms with Crippen molar-refractivity contribution in [3.8, 4) is 11.5 Å². The van der Waals surface area contributed by atoms with Gasteiger partial charge in [-0.05, 0) is 24.6 Å². The molecular formula is C12H16F2O3. The summed E-state index contributed by atoms with van der Waals surface area (Å²) in [6.07, 6.45) is -0.643. The molecule has 1 N–H and O–H groups in total. The van der Waals surface area contributed by atoms with Gasteiger partial charge in [-0.15, -0.1) is 0 Å². The molecule has 0 aliphatic rings. The number of rotatable bonds is 5. The van der Waals surface area contributed by atoms with E-state index in [0.717, 1.165) is 0 Å². The highest BCUT2D eigenvalue weighted by Crippen LogP contribution is 2.40. The maximum absolute atomic E-state index is 13.8. The van der Waals surface area contributed by atoms with Gasteiger partial charge >= 0.3 is 0 Å². The number of halogens is 2. The Bertz CT molecular complexity index is 392. The second kappa shape index (κ2) is 5.31. The molecule has 5 heteroatoms. The van der Waals surface area contributed by atoms with Crippen LogP contribution < -0.4 is 9.47 Å². The highest BCUT2D eigenvalue weighted by atomic mass is 19.3. The molecule has 0 aromatic heterocycles. The molecule has 0 aliphatic carbocycles. The zero-order valence-electron chi connectivity index (χ0n) is 10.1. The van der Waals surface area contributed by atoms with Crippen molar-refractivity contribution in [3.63, 3.8) is 0 Å². The fourth-order valence-electron chi connectivity index (χ4n) is 1.61. The van der Waals surface area contributed by atoms with Gasteiger partial charge in [0.05, 0.1) is 19.8 Å². The summed E-state index contributed by atoms with van der Waals surface area (Å²) in [7, 11) is 2.75. The van der Waals surface area contributed by atoms with E-state index in [0.29, 0.717) is 11.3 Å². The fraction of sp³-hybridized carbons (Fsp3) is 0.500. The monoisotopic (exact) mass is 246 g/mol. The van der Waals surface area contributed by atoms with Gasteiger partial charge in [0.1, 0.15) is 11.5 Å². The summed E-state index contributed by atoms with van der Waals surface area (Å²) >= 11 is 0. The summed E-state index contributed by atoms with van der Waals surface area (Å²) in [5, 5.41) is 8.66. The Morgan fingerprint density at radius 2 is 1.76 bits per heavy atom. The molecule has 3 nitrogen and oxygen atoms in total. The Hall–Kier alpha value is -1.36. The van der Waals surface area contributed by atoms with E-state index in [1.807, 2.05) is 0 Å². The lowest BCUT2D eigenvalue weighted by molar-refractivity contribution is -0.0289. The number of aryl methyl sites for hydroxylation is 1. The summed E-state index contributed by atoms with van der Waals surface area (Å²) in [5.41, 5.74) is 0.449. The lowest BCUT2D eigenvalue weighted by atomic mass is 10.0. The smallest absolute Gasteiger partial charge is 0.279 e. The average molecular weight is 246 g/mol. The van der Waals surface area contributed by atoms with Gasteiger partial charge in [-0.25, -0.2) is 8.78 Å². The van der Waals surface area contributed by atoms with Crippen LogP contribution >= 0.6 is 0 Å². The molecule has 0 bridgehead atoms. The summed E-state index contributed by atoms with van der Waals surface area (Å²) in [6.45, 7) is 1.15. The maximum atomic E-state index is 13.8. The van der Waals surface area contributed by atoms with Crippen LogP contribution in [0.1, 0.15) is 17.5 Å². The number of aliphatic hydroxyl groups excluding tert-OH is 1. The quantitative estimate of drug-likeness (QED) is 0.867. The van der Waals surface area contributed by atoms with E-state index in [1.165, 1.54) is 26.4 Å². The van der Waals surface area contributed by atoms with Crippen LogP contribution in [0.5, 0.6) is 11.5 Å². The standard InChI is InChI=1S/C12H16F2O3/c1-8-6-11(17-3)9(7-10(8)16-2)12(13,14)4-5-15/h6-7,15H,4-5H2,1-3H3. The van der Waals surface area contributed by atoms with Crippen LogP contribution in [0.3, 0.4) is 0 Å². The number of hydrogen-bond donors (Lipinski definition) is 1. The maximum Gasteiger partial charge on any atom is 0.279 e. The fourth-order valence-corrected chi connectivity index (χ4v) is 1.61. The van der Waals surface area contributed by atoms with E-state index in [4.69, 9.17) is 14.6 Å². The Balaban J connectivity index is 3.29. The van der Waals surface area contributed by atoms with Crippen LogP contribution in [-0.4, -0.2) is 25.9 Å². The van der Waals surface area contributed by atoms with Gasteiger partial charge in [0, 0.05) is 13.0 Å². The van der Waals surface area contributed by atoms with Crippen molar-refractivity contribution in [2.75, 3.05) is 20.8 Å². The van der Waals surface area contributed by atoms with E-state index in [2.05, 4.69) is 0 Å². The molecule has 1 rings (SSSR count). The molecule has 0 saturated heterocycles. The average Bonchev–Trinajstić information content (AvgIpc) is 2.28. The van der Waals surface area contributed by atoms with Gasteiger partial charge in [0.25, 0.3) is 5.92 Å². The minimum Gasteiger partial charge on any atom is -0.496 e. The van der Waals surface area contributed by atoms with Crippen LogP contribution in [0.25, 0.3) is 0 Å². The van der Waals surface area contributed by atoms with Gasteiger partial charge in [0.15, 0.2) is 0 Å². The van der Waals surface area contributed by atoms with Crippen molar-refractivity contribution in [2.24, 2.45) is 0 Å². The largest absolute Gasteiger partial charge is 0.496 e. The molecule has 96 valence electrons. The molecule has 0 radical (unpaired) electrons. The molecule has 0 unspecified atom stereocenters. The molecule has 0 aliphatic heterocycles. The Morgan fingerprint density at radius 1 is 1.18 bits per heavy atom. The minimum atomic E-state index is -3.14. The number of hydrogen-bond acceptors (Lipinski definition) is 3. The Morgan fingerprint density at radius 3 is 2.24 bits per heavy atom. The van der Waals surface area contributed by atoms with E-state index < -0.39 is 19.0 Å². The second-order valence-electron chi connectivity index (χ2n) is 3.70. The second-order valence-corrected chi connectivity index (χ2v) is 3.70. The van der Waals surface area contributed by atoms with E-state index in [9.17, 15) is 8.78 Å². The Labute approximate surface area is 99.0 Å². The summed E-state index contributed by atoms with van der Waals surface area (Å²) in [4.78, 5) is 0. The SMILES string of the molecule is COc1cc(C(F)(F)CCO)c(OC)cc1C. The van der Waals surface area contributed by atoms with Crippen LogP contribution in [0.4, 0.5) is 8.78 Å². The van der Waals surface area contributed by atoms with Crippen molar-refractivity contribution in [2.45, 2.75) is 19.3 Å². The van der Waals surface area contributed by atoms with Crippen molar-refractivity contribution >= 4 is 0 Å². The molecule has 1 aromatic carbocycles. The van der Waals surface area contributed by atoms with Gasteiger partial charge < -0.3 is 14.6 Å². The van der Waals surface area contributed by atoms with Gasteiger partial charge in [-0.2, -0.15) is 0 Å². The first-order valence-electron chi connectivity index (χ1n) is 5.18. The van der Waals surface area contributed by atoms with Crippen LogP contribution in [0.2, 0.25) is 0 Å². The zero-order chi connectivity index (χ0) is 13.1. The van der Waals surface area contributed by atoms with Crippen LogP contribution in [0, 0.1) is 6.92 Å². The first-order valence-corrected chi connectivity index (χ1v) is 5.18. The van der Waals surface area contributed by atoms with Gasteiger partial charge in [-0.3, -0.25) is 0 Å². The molecule has 0 heterocycles. The summed E-state index contributed by atoms with van der Waals surface area (Å²) in [6, 6.07) is 2.75. The molecule has 0 amide bonds. The predicted molar refractivity (Wildman–Crippen MR) is 59.9 cm³/mol. The Kier molecular flexibility index (Phi) is 4.28. The number of ether oxygens (including phenoxy) is 2. The molecule has 1 aromatic rings. The highest BCUT2D eigenvalue weighted by Gasteiger charge is 2.35. The van der Waals surface area contributed by atoms with E-state index in [-0.39, 0.29) is 11.3 Å². The predicted octanol–water partition coefficient (Wildman–Crippen LogP) is 2.49. The number of aliphatic hydroxyl groups is 1. The first kappa shape index (κ1) is 13.7. The number of methoxy groups -OCH3 is 2. The lowest BCUT2D eigenvalue weighted by Gasteiger charge is -2.20. The normalized spacial score (nSPS) is 11.4. The van der Waals surface area contributed by atoms with Crippen molar-refractivity contribution in [1.82, 2.24) is 0 Å². The number of alkyl halides is 2.